The molecule has 7 nitrogen and oxygen atoms in total. The van der Waals surface area contributed by atoms with Gasteiger partial charge in [0, 0.05) is 0 Å². The van der Waals surface area contributed by atoms with Gasteiger partial charge in [-0.3, -0.25) is 9.35 Å². The first-order chi connectivity index (χ1) is 21.2. The lowest BCUT2D eigenvalue weighted by molar-refractivity contribution is -0.130. The second-order valence-electron chi connectivity index (χ2n) is 11.9. The molecule has 0 aliphatic rings. The highest BCUT2D eigenvalue weighted by Gasteiger charge is 2.27. The van der Waals surface area contributed by atoms with E-state index >= 15 is 0 Å². The summed E-state index contributed by atoms with van der Waals surface area (Å²) in [7, 11) is -4.45. The number of amides is 1. The number of carbonyl (C=O) groups is 1. The quantitative estimate of drug-likeness (QED) is 0.0355. The van der Waals surface area contributed by atoms with Crippen LogP contribution in [0.4, 0.5) is 0 Å². The maximum atomic E-state index is 12.5. The Labute approximate surface area is 270 Å². The zero-order chi connectivity index (χ0) is 32.7. The van der Waals surface area contributed by atoms with Crippen molar-refractivity contribution < 1.29 is 28.0 Å². The number of rotatable bonds is 30. The molecule has 0 rings (SSSR count). The van der Waals surface area contributed by atoms with E-state index in [0.717, 1.165) is 57.8 Å². The van der Waals surface area contributed by atoms with Crippen molar-refractivity contribution in [1.29, 1.82) is 0 Å². The fourth-order valence-corrected chi connectivity index (χ4v) is 5.57. The van der Waals surface area contributed by atoms with Crippen LogP contribution < -0.4 is 5.32 Å². The van der Waals surface area contributed by atoms with Crippen molar-refractivity contribution in [2.24, 2.45) is 0 Å². The van der Waals surface area contributed by atoms with E-state index in [4.69, 9.17) is 0 Å². The second-order valence-corrected chi connectivity index (χ2v) is 13.4. The standard InChI is InChI=1S/C36H65NO6S/c1-3-5-7-9-11-13-15-16-17-18-19-21-22-24-26-28-30-34(38)33(32-44(41,42)43)37-36(40)35(39)31-29-27-25-23-20-14-12-10-8-6-4-2/h12,14,16-17,21-22,28,30,33-35,38-39H,3-11,13,15,18-20,23-27,29,31-32H2,1-2H3,(H,37,40)(H,41,42,43)/b14-12-,17-16+,22-21+,30-28+. The topological polar surface area (TPSA) is 124 Å². The van der Waals surface area contributed by atoms with Gasteiger partial charge in [0.05, 0.1) is 17.9 Å². The third-order valence-corrected chi connectivity index (χ3v) is 8.34. The molecule has 0 spiro atoms. The lowest BCUT2D eigenvalue weighted by Crippen LogP contribution is -2.50. The Morgan fingerprint density at radius 2 is 1.02 bits per heavy atom. The molecule has 0 heterocycles. The van der Waals surface area contributed by atoms with Crippen LogP contribution in [0.25, 0.3) is 0 Å². The Kier molecular flexibility index (Phi) is 28.8. The predicted molar refractivity (Wildman–Crippen MR) is 185 cm³/mol. The average molecular weight is 640 g/mol. The summed E-state index contributed by atoms with van der Waals surface area (Å²) in [6, 6.07) is -1.26. The minimum Gasteiger partial charge on any atom is -0.387 e. The molecule has 3 atom stereocenters. The van der Waals surface area contributed by atoms with E-state index in [-0.39, 0.29) is 6.42 Å². The zero-order valence-electron chi connectivity index (χ0n) is 27.9. The van der Waals surface area contributed by atoms with Gasteiger partial charge in [0.25, 0.3) is 10.1 Å². The van der Waals surface area contributed by atoms with Gasteiger partial charge >= 0.3 is 0 Å². The highest BCUT2D eigenvalue weighted by molar-refractivity contribution is 7.85. The smallest absolute Gasteiger partial charge is 0.267 e. The first-order valence-corrected chi connectivity index (χ1v) is 19.1. The Balaban J connectivity index is 4.28. The molecule has 0 aliphatic heterocycles. The largest absolute Gasteiger partial charge is 0.387 e. The van der Waals surface area contributed by atoms with Crippen LogP contribution >= 0.6 is 0 Å². The summed E-state index contributed by atoms with van der Waals surface area (Å²) in [5, 5.41) is 23.2. The fourth-order valence-electron chi connectivity index (χ4n) is 4.83. The summed E-state index contributed by atoms with van der Waals surface area (Å²) in [6.07, 6.45) is 36.0. The molecule has 0 aliphatic carbocycles. The van der Waals surface area contributed by atoms with E-state index < -0.39 is 40.0 Å². The van der Waals surface area contributed by atoms with Gasteiger partial charge in [-0.05, 0) is 70.6 Å². The predicted octanol–water partition coefficient (Wildman–Crippen LogP) is 8.54. The lowest BCUT2D eigenvalue weighted by atomic mass is 10.1. The van der Waals surface area contributed by atoms with Crippen molar-refractivity contribution in [3.8, 4) is 0 Å². The van der Waals surface area contributed by atoms with Crippen LogP contribution in [-0.4, -0.2) is 53.1 Å². The van der Waals surface area contributed by atoms with Gasteiger partial charge in [0.1, 0.15) is 6.10 Å². The van der Waals surface area contributed by atoms with Crippen molar-refractivity contribution in [3.63, 3.8) is 0 Å². The van der Waals surface area contributed by atoms with Gasteiger partial charge < -0.3 is 15.5 Å². The summed E-state index contributed by atoms with van der Waals surface area (Å²) in [4.78, 5) is 12.5. The van der Waals surface area contributed by atoms with Gasteiger partial charge in [-0.1, -0.05) is 127 Å². The molecule has 256 valence electrons. The van der Waals surface area contributed by atoms with Crippen molar-refractivity contribution >= 4 is 16.0 Å². The van der Waals surface area contributed by atoms with Crippen molar-refractivity contribution in [2.75, 3.05) is 5.75 Å². The Bertz CT molecular complexity index is 896. The molecule has 0 aromatic heterocycles. The first kappa shape index (κ1) is 42.3. The van der Waals surface area contributed by atoms with E-state index in [2.05, 4.69) is 55.6 Å². The van der Waals surface area contributed by atoms with Crippen LogP contribution in [0.15, 0.2) is 48.6 Å². The Morgan fingerprint density at radius 3 is 1.55 bits per heavy atom. The number of allylic oxidation sites excluding steroid dienone is 7. The summed E-state index contributed by atoms with van der Waals surface area (Å²) in [5.74, 6) is -1.58. The average Bonchev–Trinajstić information content (AvgIpc) is 2.98. The van der Waals surface area contributed by atoms with Crippen LogP contribution in [0.3, 0.4) is 0 Å². The van der Waals surface area contributed by atoms with Crippen molar-refractivity contribution in [3.05, 3.63) is 48.6 Å². The van der Waals surface area contributed by atoms with Crippen LogP contribution in [0.1, 0.15) is 149 Å². The maximum absolute atomic E-state index is 12.5. The lowest BCUT2D eigenvalue weighted by Gasteiger charge is -2.22. The highest BCUT2D eigenvalue weighted by atomic mass is 32.2. The highest BCUT2D eigenvalue weighted by Crippen LogP contribution is 2.11. The number of carbonyl (C=O) groups excluding carboxylic acids is 1. The number of aliphatic hydroxyl groups excluding tert-OH is 2. The van der Waals surface area contributed by atoms with Crippen LogP contribution in [-0.2, 0) is 14.9 Å². The molecule has 3 unspecified atom stereocenters. The molecule has 0 bridgehead atoms. The Morgan fingerprint density at radius 1 is 0.614 bits per heavy atom. The second kappa shape index (κ2) is 29.9. The molecular formula is C36H65NO6S. The van der Waals surface area contributed by atoms with Gasteiger partial charge in [-0.2, -0.15) is 8.42 Å². The van der Waals surface area contributed by atoms with E-state index in [1.165, 1.54) is 63.9 Å². The maximum Gasteiger partial charge on any atom is 0.267 e. The van der Waals surface area contributed by atoms with Crippen LogP contribution in [0.5, 0.6) is 0 Å². The normalized spacial score (nSPS) is 14.8. The molecule has 0 fully saturated rings. The van der Waals surface area contributed by atoms with Gasteiger partial charge in [0.2, 0.25) is 5.91 Å². The molecule has 0 radical (unpaired) electrons. The molecule has 8 heteroatoms. The molecule has 44 heavy (non-hydrogen) atoms. The molecule has 0 aromatic carbocycles. The molecule has 0 saturated heterocycles. The number of nitrogens with one attached hydrogen (secondary N) is 1. The van der Waals surface area contributed by atoms with E-state index in [9.17, 15) is 28.0 Å². The number of unbranched alkanes of at least 4 members (excludes halogenated alkanes) is 15. The first-order valence-electron chi connectivity index (χ1n) is 17.4. The molecule has 4 N–H and O–H groups in total. The van der Waals surface area contributed by atoms with Gasteiger partial charge in [0.15, 0.2) is 0 Å². The molecule has 0 aromatic rings. The third-order valence-electron chi connectivity index (χ3n) is 7.56. The number of hydrogen-bond donors (Lipinski definition) is 4. The minimum atomic E-state index is -4.45. The SMILES string of the molecule is CCCCC/C=C\CCCCCCC(O)C(=O)NC(CS(=O)(=O)O)C(O)/C=C/CC/C=C/CC/C=C/CCCCCCCC. The Hall–Kier alpha value is -1.74. The van der Waals surface area contributed by atoms with Crippen molar-refractivity contribution in [1.82, 2.24) is 5.32 Å². The molecule has 1 amide bonds. The van der Waals surface area contributed by atoms with Crippen LogP contribution in [0, 0.1) is 0 Å². The van der Waals surface area contributed by atoms with Crippen molar-refractivity contribution in [2.45, 2.75) is 167 Å². The zero-order valence-corrected chi connectivity index (χ0v) is 28.7. The van der Waals surface area contributed by atoms with Gasteiger partial charge in [-0.25, -0.2) is 0 Å². The van der Waals surface area contributed by atoms with E-state index in [1.54, 1.807) is 6.08 Å². The molecule has 0 saturated carbocycles. The molecular weight excluding hydrogens is 574 g/mol. The van der Waals surface area contributed by atoms with Gasteiger partial charge in [-0.15, -0.1) is 0 Å². The third kappa shape index (κ3) is 29.0. The monoisotopic (exact) mass is 639 g/mol. The van der Waals surface area contributed by atoms with E-state index in [0.29, 0.717) is 12.8 Å². The summed E-state index contributed by atoms with van der Waals surface area (Å²) in [5.41, 5.74) is 0. The summed E-state index contributed by atoms with van der Waals surface area (Å²) >= 11 is 0. The number of hydrogen-bond acceptors (Lipinski definition) is 5. The number of aliphatic hydroxyl groups is 2. The summed E-state index contributed by atoms with van der Waals surface area (Å²) < 4.78 is 32.3. The van der Waals surface area contributed by atoms with E-state index in [1.807, 2.05) is 0 Å². The minimum absolute atomic E-state index is 0.254. The fraction of sp³-hybridized carbons (Fsp3) is 0.750. The van der Waals surface area contributed by atoms with Crippen LogP contribution in [0.2, 0.25) is 0 Å². The summed E-state index contributed by atoms with van der Waals surface area (Å²) in [6.45, 7) is 4.43.